The topological polar surface area (TPSA) is 69.6 Å². The highest BCUT2D eigenvalue weighted by atomic mass is 16.4. The number of carbonyl (C=O) groups is 2. The molecular weight excluding hydrogens is 256 g/mol. The molecule has 20 heavy (non-hydrogen) atoms. The number of nitrogens with one attached hydrogen (secondary N) is 1. The van der Waals surface area contributed by atoms with Gasteiger partial charge in [-0.15, -0.1) is 0 Å². The van der Waals surface area contributed by atoms with Gasteiger partial charge < -0.3 is 15.3 Å². The van der Waals surface area contributed by atoms with Gasteiger partial charge in [-0.1, -0.05) is 30.3 Å². The second kappa shape index (κ2) is 7.53. The van der Waals surface area contributed by atoms with E-state index in [4.69, 9.17) is 5.11 Å². The van der Waals surface area contributed by atoms with E-state index >= 15 is 0 Å². The summed E-state index contributed by atoms with van der Waals surface area (Å²) in [7, 11) is 0. The number of benzene rings is 1. The minimum absolute atomic E-state index is 0.0706. The van der Waals surface area contributed by atoms with Crippen LogP contribution in [0.5, 0.6) is 0 Å². The lowest BCUT2D eigenvalue weighted by Gasteiger charge is -2.28. The molecule has 0 aliphatic rings. The molecule has 0 spiro atoms. The zero-order chi connectivity index (χ0) is 15.1. The van der Waals surface area contributed by atoms with E-state index in [0.717, 1.165) is 5.56 Å². The molecule has 0 radical (unpaired) electrons. The Morgan fingerprint density at radius 1 is 1.25 bits per heavy atom. The van der Waals surface area contributed by atoms with Gasteiger partial charge in [0, 0.05) is 12.6 Å². The second-order valence-corrected chi connectivity index (χ2v) is 4.89. The number of carbonyl (C=O) groups excluding carboxylic acids is 1. The van der Waals surface area contributed by atoms with Crippen molar-refractivity contribution in [2.75, 3.05) is 6.54 Å². The molecule has 2 N–H and O–H groups in total. The number of carboxylic acid groups (broad SMARTS) is 1. The van der Waals surface area contributed by atoms with Crippen molar-refractivity contribution in [2.45, 2.75) is 39.3 Å². The smallest absolute Gasteiger partial charge is 0.318 e. The fraction of sp³-hybridized carbons (Fsp3) is 0.467. The Hall–Kier alpha value is -2.04. The molecule has 2 amide bonds. The molecule has 0 bridgehead atoms. The van der Waals surface area contributed by atoms with E-state index in [1.54, 1.807) is 4.90 Å². The first-order chi connectivity index (χ1) is 9.45. The molecule has 5 nitrogen and oxygen atoms in total. The molecule has 0 aliphatic carbocycles. The van der Waals surface area contributed by atoms with E-state index in [9.17, 15) is 9.59 Å². The van der Waals surface area contributed by atoms with Gasteiger partial charge in [-0.2, -0.15) is 0 Å². The average Bonchev–Trinajstić information content (AvgIpc) is 2.38. The molecular formula is C15H22N2O3. The molecule has 1 aromatic carbocycles. The summed E-state index contributed by atoms with van der Waals surface area (Å²) in [6, 6.07) is 8.47. The molecule has 0 aliphatic heterocycles. The predicted molar refractivity (Wildman–Crippen MR) is 77.5 cm³/mol. The maximum atomic E-state index is 12.2. The fourth-order valence-corrected chi connectivity index (χ4v) is 2.09. The Morgan fingerprint density at radius 2 is 1.85 bits per heavy atom. The molecule has 1 aromatic rings. The number of nitrogens with zero attached hydrogens (tertiary/aromatic N) is 1. The van der Waals surface area contributed by atoms with Gasteiger partial charge in [0.15, 0.2) is 0 Å². The van der Waals surface area contributed by atoms with E-state index in [2.05, 4.69) is 5.32 Å². The van der Waals surface area contributed by atoms with Crippen LogP contribution in [0, 0.1) is 0 Å². The number of hydrogen-bond donors (Lipinski definition) is 2. The summed E-state index contributed by atoms with van der Waals surface area (Å²) in [6.45, 7) is 6.34. The van der Waals surface area contributed by atoms with Gasteiger partial charge in [-0.3, -0.25) is 4.79 Å². The van der Waals surface area contributed by atoms with E-state index in [1.165, 1.54) is 0 Å². The Kier molecular flexibility index (Phi) is 6.03. The van der Waals surface area contributed by atoms with Gasteiger partial charge in [0.2, 0.25) is 0 Å². The zero-order valence-corrected chi connectivity index (χ0v) is 12.2. The molecule has 0 fully saturated rings. The van der Waals surface area contributed by atoms with Gasteiger partial charge in [0.05, 0.1) is 12.5 Å². The highest BCUT2D eigenvalue weighted by Crippen LogP contribution is 2.17. The van der Waals surface area contributed by atoms with Crippen LogP contribution in [-0.4, -0.2) is 34.6 Å². The van der Waals surface area contributed by atoms with E-state index < -0.39 is 12.0 Å². The van der Waals surface area contributed by atoms with E-state index in [1.807, 2.05) is 51.1 Å². The van der Waals surface area contributed by atoms with Gasteiger partial charge in [0.1, 0.15) is 0 Å². The summed E-state index contributed by atoms with van der Waals surface area (Å²) in [5.74, 6) is -0.938. The molecule has 110 valence electrons. The van der Waals surface area contributed by atoms with Crippen LogP contribution in [0.15, 0.2) is 30.3 Å². The lowest BCUT2D eigenvalue weighted by molar-refractivity contribution is -0.137. The van der Waals surface area contributed by atoms with Gasteiger partial charge in [-0.05, 0) is 26.3 Å². The Balaban J connectivity index is 2.85. The number of rotatable bonds is 6. The number of amides is 2. The summed E-state index contributed by atoms with van der Waals surface area (Å²) in [5, 5.41) is 11.8. The van der Waals surface area contributed by atoms with Crippen molar-refractivity contribution in [1.82, 2.24) is 10.2 Å². The first kappa shape index (κ1) is 16.0. The number of aliphatic carboxylic acids is 1. The van der Waals surface area contributed by atoms with Crippen molar-refractivity contribution < 1.29 is 14.7 Å². The third kappa shape index (κ3) is 4.57. The van der Waals surface area contributed by atoms with Crippen LogP contribution in [0.1, 0.15) is 38.8 Å². The maximum absolute atomic E-state index is 12.2. The third-order valence-electron chi connectivity index (χ3n) is 3.10. The maximum Gasteiger partial charge on any atom is 0.318 e. The number of urea groups is 1. The molecule has 1 atom stereocenters. The summed E-state index contributed by atoms with van der Waals surface area (Å²) in [4.78, 5) is 24.8. The van der Waals surface area contributed by atoms with Crippen molar-refractivity contribution in [3.8, 4) is 0 Å². The standard InChI is InChI=1S/C15H22N2O3/c1-4-17(11(2)3)15(20)16-13(10-14(18)19)12-8-6-5-7-9-12/h5-9,11,13H,4,10H2,1-3H3,(H,16,20)(H,18,19). The molecule has 0 aromatic heterocycles. The zero-order valence-electron chi connectivity index (χ0n) is 12.2. The minimum Gasteiger partial charge on any atom is -0.481 e. The molecule has 0 saturated heterocycles. The summed E-state index contributed by atoms with van der Waals surface area (Å²) >= 11 is 0. The van der Waals surface area contributed by atoms with E-state index in [0.29, 0.717) is 6.54 Å². The van der Waals surface area contributed by atoms with Gasteiger partial charge in [0.25, 0.3) is 0 Å². The van der Waals surface area contributed by atoms with Gasteiger partial charge >= 0.3 is 12.0 Å². The molecule has 1 unspecified atom stereocenters. The third-order valence-corrected chi connectivity index (χ3v) is 3.10. The van der Waals surface area contributed by atoms with Crippen LogP contribution in [0.2, 0.25) is 0 Å². The van der Waals surface area contributed by atoms with Crippen molar-refractivity contribution in [1.29, 1.82) is 0 Å². The normalized spacial score (nSPS) is 12.0. The second-order valence-electron chi connectivity index (χ2n) is 4.89. The van der Waals surface area contributed by atoms with Crippen LogP contribution in [0.3, 0.4) is 0 Å². The summed E-state index contributed by atoms with van der Waals surface area (Å²) in [5.41, 5.74) is 0.794. The largest absolute Gasteiger partial charge is 0.481 e. The van der Waals surface area contributed by atoms with Crippen molar-refractivity contribution in [2.24, 2.45) is 0 Å². The summed E-state index contributed by atoms with van der Waals surface area (Å²) < 4.78 is 0. The van der Waals surface area contributed by atoms with Crippen molar-refractivity contribution in [3.63, 3.8) is 0 Å². The van der Waals surface area contributed by atoms with Gasteiger partial charge in [-0.25, -0.2) is 4.79 Å². The first-order valence-corrected chi connectivity index (χ1v) is 6.79. The average molecular weight is 278 g/mol. The minimum atomic E-state index is -0.938. The van der Waals surface area contributed by atoms with Crippen LogP contribution >= 0.6 is 0 Å². The Labute approximate surface area is 119 Å². The van der Waals surface area contributed by atoms with Crippen LogP contribution < -0.4 is 5.32 Å². The number of hydrogen-bond acceptors (Lipinski definition) is 2. The molecule has 5 heteroatoms. The lowest BCUT2D eigenvalue weighted by atomic mass is 10.0. The summed E-state index contributed by atoms with van der Waals surface area (Å²) in [6.07, 6.45) is -0.134. The SMILES string of the molecule is CCN(C(=O)NC(CC(=O)O)c1ccccc1)C(C)C. The fourth-order valence-electron chi connectivity index (χ4n) is 2.09. The van der Waals surface area contributed by atoms with Crippen LogP contribution in [-0.2, 0) is 4.79 Å². The Bertz CT molecular complexity index is 446. The van der Waals surface area contributed by atoms with Crippen molar-refractivity contribution >= 4 is 12.0 Å². The number of carboxylic acids is 1. The quantitative estimate of drug-likeness (QED) is 0.840. The highest BCUT2D eigenvalue weighted by Gasteiger charge is 2.21. The van der Waals surface area contributed by atoms with Crippen LogP contribution in [0.25, 0.3) is 0 Å². The molecule has 0 heterocycles. The predicted octanol–water partition coefficient (Wildman–Crippen LogP) is 2.64. The molecule has 1 rings (SSSR count). The van der Waals surface area contributed by atoms with Crippen molar-refractivity contribution in [3.05, 3.63) is 35.9 Å². The first-order valence-electron chi connectivity index (χ1n) is 6.79. The molecule has 0 saturated carbocycles. The van der Waals surface area contributed by atoms with E-state index in [-0.39, 0.29) is 18.5 Å². The highest BCUT2D eigenvalue weighted by molar-refractivity contribution is 5.76. The monoisotopic (exact) mass is 278 g/mol. The Morgan fingerprint density at radius 3 is 2.30 bits per heavy atom. The lowest BCUT2D eigenvalue weighted by Crippen LogP contribution is -2.45. The van der Waals surface area contributed by atoms with Crippen LogP contribution in [0.4, 0.5) is 4.79 Å².